The summed E-state index contributed by atoms with van der Waals surface area (Å²) < 4.78 is 9.54. The van der Waals surface area contributed by atoms with E-state index in [-0.39, 0.29) is 0 Å². The zero-order chi connectivity index (χ0) is 15.4. The van der Waals surface area contributed by atoms with Gasteiger partial charge in [-0.3, -0.25) is 4.68 Å². The lowest BCUT2D eigenvalue weighted by atomic mass is 10.2. The van der Waals surface area contributed by atoms with Crippen LogP contribution in [-0.2, 0) is 20.2 Å². The zero-order valence-corrected chi connectivity index (χ0v) is 15.5. The average molecular weight is 417 g/mol. The minimum Gasteiger partial charge on any atom is -0.486 e. The number of halogens is 2. The SMILES string of the molecule is CC(C)NCc1cc(Br)c(OCc2cnn(C)c2)c(Br)c1. The van der Waals surface area contributed by atoms with Gasteiger partial charge in [0, 0.05) is 31.4 Å². The van der Waals surface area contributed by atoms with Crippen molar-refractivity contribution in [2.24, 2.45) is 7.05 Å². The molecule has 0 amide bonds. The smallest absolute Gasteiger partial charge is 0.148 e. The Hall–Kier alpha value is -0.850. The monoisotopic (exact) mass is 415 g/mol. The predicted octanol–water partition coefficient (Wildman–Crippen LogP) is 4.02. The highest BCUT2D eigenvalue weighted by Crippen LogP contribution is 2.35. The molecule has 0 spiro atoms. The lowest BCUT2D eigenvalue weighted by Gasteiger charge is -2.13. The number of nitrogens with zero attached hydrogens (tertiary/aromatic N) is 2. The molecule has 0 radical (unpaired) electrons. The number of benzene rings is 1. The van der Waals surface area contributed by atoms with E-state index in [4.69, 9.17) is 4.74 Å². The lowest BCUT2D eigenvalue weighted by Crippen LogP contribution is -2.21. The first-order valence-corrected chi connectivity index (χ1v) is 8.36. The maximum absolute atomic E-state index is 5.88. The Bertz CT molecular complexity index is 588. The summed E-state index contributed by atoms with van der Waals surface area (Å²) in [4.78, 5) is 0. The fourth-order valence-electron chi connectivity index (χ4n) is 1.88. The molecule has 0 aliphatic carbocycles. The van der Waals surface area contributed by atoms with E-state index in [2.05, 4.69) is 68.3 Å². The number of ether oxygens (including phenoxy) is 1. The molecule has 4 nitrogen and oxygen atoms in total. The Balaban J connectivity index is 2.06. The van der Waals surface area contributed by atoms with Gasteiger partial charge in [0.25, 0.3) is 0 Å². The summed E-state index contributed by atoms with van der Waals surface area (Å²) in [7, 11) is 1.89. The molecule has 0 unspecified atom stereocenters. The molecule has 6 heteroatoms. The third-order valence-electron chi connectivity index (χ3n) is 2.91. The molecule has 21 heavy (non-hydrogen) atoms. The fourth-order valence-corrected chi connectivity index (χ4v) is 3.39. The van der Waals surface area contributed by atoms with E-state index in [1.807, 2.05) is 19.4 Å². The molecule has 2 rings (SSSR count). The lowest BCUT2D eigenvalue weighted by molar-refractivity contribution is 0.302. The molecule has 1 aromatic carbocycles. The van der Waals surface area contributed by atoms with Crippen molar-refractivity contribution in [3.05, 3.63) is 44.6 Å². The largest absolute Gasteiger partial charge is 0.486 e. The van der Waals surface area contributed by atoms with E-state index < -0.39 is 0 Å². The third kappa shape index (κ3) is 4.83. The topological polar surface area (TPSA) is 39.1 Å². The molecular weight excluding hydrogens is 398 g/mol. The molecule has 0 bridgehead atoms. The van der Waals surface area contributed by atoms with Crippen LogP contribution >= 0.6 is 31.9 Å². The fraction of sp³-hybridized carbons (Fsp3) is 0.400. The molecule has 114 valence electrons. The zero-order valence-electron chi connectivity index (χ0n) is 12.4. The quantitative estimate of drug-likeness (QED) is 0.772. The summed E-state index contributed by atoms with van der Waals surface area (Å²) in [6.07, 6.45) is 3.76. The van der Waals surface area contributed by atoms with Gasteiger partial charge in [0.2, 0.25) is 0 Å². The van der Waals surface area contributed by atoms with Crippen LogP contribution in [0.4, 0.5) is 0 Å². The van der Waals surface area contributed by atoms with Crippen LogP contribution in [0.1, 0.15) is 25.0 Å². The second-order valence-electron chi connectivity index (χ2n) is 5.24. The molecule has 0 saturated heterocycles. The molecule has 0 saturated carbocycles. The summed E-state index contributed by atoms with van der Waals surface area (Å²) >= 11 is 7.16. The van der Waals surface area contributed by atoms with Gasteiger partial charge in [-0.1, -0.05) is 13.8 Å². The van der Waals surface area contributed by atoms with Gasteiger partial charge in [-0.15, -0.1) is 0 Å². The van der Waals surface area contributed by atoms with Crippen molar-refractivity contribution in [2.45, 2.75) is 33.0 Å². The minimum absolute atomic E-state index is 0.462. The van der Waals surface area contributed by atoms with Crippen molar-refractivity contribution in [3.8, 4) is 5.75 Å². The maximum Gasteiger partial charge on any atom is 0.148 e. The number of hydrogen-bond donors (Lipinski definition) is 1. The van der Waals surface area contributed by atoms with Crippen LogP contribution in [0.5, 0.6) is 5.75 Å². The molecule has 1 heterocycles. The first-order chi connectivity index (χ1) is 9.95. The maximum atomic E-state index is 5.88. The highest BCUT2D eigenvalue weighted by atomic mass is 79.9. The van der Waals surface area contributed by atoms with Crippen molar-refractivity contribution in [1.29, 1.82) is 0 Å². The molecule has 1 N–H and O–H groups in total. The van der Waals surface area contributed by atoms with E-state index in [1.165, 1.54) is 5.56 Å². The summed E-state index contributed by atoms with van der Waals surface area (Å²) in [5, 5.41) is 7.54. The van der Waals surface area contributed by atoms with Gasteiger partial charge in [-0.25, -0.2) is 0 Å². The first-order valence-electron chi connectivity index (χ1n) is 6.77. The van der Waals surface area contributed by atoms with Crippen LogP contribution in [0.2, 0.25) is 0 Å². The van der Waals surface area contributed by atoms with Gasteiger partial charge >= 0.3 is 0 Å². The minimum atomic E-state index is 0.462. The van der Waals surface area contributed by atoms with Crippen LogP contribution < -0.4 is 10.1 Å². The van der Waals surface area contributed by atoms with Gasteiger partial charge in [0.1, 0.15) is 12.4 Å². The average Bonchev–Trinajstić information content (AvgIpc) is 2.81. The van der Waals surface area contributed by atoms with Crippen molar-refractivity contribution >= 4 is 31.9 Å². The molecule has 0 aliphatic heterocycles. The summed E-state index contributed by atoms with van der Waals surface area (Å²) in [5.74, 6) is 0.812. The first kappa shape index (κ1) is 16.5. The summed E-state index contributed by atoms with van der Waals surface area (Å²) in [6, 6.07) is 4.63. The van der Waals surface area contributed by atoms with Crippen LogP contribution in [-0.4, -0.2) is 15.8 Å². The number of hydrogen-bond acceptors (Lipinski definition) is 3. The second-order valence-corrected chi connectivity index (χ2v) is 6.94. The van der Waals surface area contributed by atoms with E-state index in [0.717, 1.165) is 26.8 Å². The van der Waals surface area contributed by atoms with Crippen molar-refractivity contribution in [2.75, 3.05) is 0 Å². The number of aromatic nitrogens is 2. The highest BCUT2D eigenvalue weighted by Gasteiger charge is 2.10. The number of aryl methyl sites for hydroxylation is 1. The van der Waals surface area contributed by atoms with Crippen LogP contribution in [0.15, 0.2) is 33.5 Å². The Morgan fingerprint density at radius 2 is 1.90 bits per heavy atom. The summed E-state index contributed by atoms with van der Waals surface area (Å²) in [5.41, 5.74) is 2.25. The Kier molecular flexibility index (Phi) is 5.84. The Labute approximate surface area is 142 Å². The highest BCUT2D eigenvalue weighted by molar-refractivity contribution is 9.11. The number of nitrogens with one attached hydrogen (secondary N) is 1. The Morgan fingerprint density at radius 1 is 1.24 bits per heavy atom. The summed E-state index contributed by atoms with van der Waals surface area (Å²) in [6.45, 7) is 5.59. The van der Waals surface area contributed by atoms with Gasteiger partial charge in [0.05, 0.1) is 15.1 Å². The molecule has 0 aliphatic rings. The van der Waals surface area contributed by atoms with E-state index in [0.29, 0.717) is 12.6 Å². The van der Waals surface area contributed by atoms with Gasteiger partial charge in [-0.05, 0) is 49.6 Å². The van der Waals surface area contributed by atoms with Gasteiger partial charge in [0.15, 0.2) is 0 Å². The van der Waals surface area contributed by atoms with Crippen molar-refractivity contribution in [3.63, 3.8) is 0 Å². The van der Waals surface area contributed by atoms with Crippen LogP contribution in [0.3, 0.4) is 0 Å². The van der Waals surface area contributed by atoms with Crippen LogP contribution in [0.25, 0.3) is 0 Å². The molecule has 0 fully saturated rings. The van der Waals surface area contributed by atoms with Crippen molar-refractivity contribution < 1.29 is 4.74 Å². The molecule has 1 aromatic heterocycles. The van der Waals surface area contributed by atoms with Gasteiger partial charge in [-0.2, -0.15) is 5.10 Å². The third-order valence-corrected chi connectivity index (χ3v) is 4.09. The Morgan fingerprint density at radius 3 is 2.43 bits per heavy atom. The van der Waals surface area contributed by atoms with E-state index in [9.17, 15) is 0 Å². The molecule has 2 aromatic rings. The predicted molar refractivity (Wildman–Crippen MR) is 91.4 cm³/mol. The van der Waals surface area contributed by atoms with Crippen LogP contribution in [0, 0.1) is 0 Å². The van der Waals surface area contributed by atoms with E-state index in [1.54, 1.807) is 4.68 Å². The molecule has 0 atom stereocenters. The van der Waals surface area contributed by atoms with E-state index >= 15 is 0 Å². The number of rotatable bonds is 6. The van der Waals surface area contributed by atoms with Crippen molar-refractivity contribution in [1.82, 2.24) is 15.1 Å². The standard InChI is InChI=1S/C15H19Br2N3O/c1-10(2)18-6-11-4-13(16)15(14(17)5-11)21-9-12-7-19-20(3)8-12/h4-5,7-8,10,18H,6,9H2,1-3H3. The van der Waals surface area contributed by atoms with Gasteiger partial charge < -0.3 is 10.1 Å². The molecular formula is C15H19Br2N3O. The second kappa shape index (κ2) is 7.42. The normalized spacial score (nSPS) is 11.1.